The molecule has 1 N–H and O–H groups in total. The fourth-order valence-corrected chi connectivity index (χ4v) is 2.13. The number of hydrogen-bond acceptors (Lipinski definition) is 2. The van der Waals surface area contributed by atoms with E-state index in [2.05, 4.69) is 74.0 Å². The molecule has 0 bridgehead atoms. The molecule has 1 aromatic carbocycles. The maximum atomic E-state index is 4.53. The number of hydrogen-bond donors (Lipinski definition) is 1. The molecule has 0 aliphatic rings. The second kappa shape index (κ2) is 5.80. The first-order valence-corrected chi connectivity index (χ1v) is 7.17. The Morgan fingerprint density at radius 2 is 1.80 bits per heavy atom. The number of rotatable bonds is 4. The van der Waals surface area contributed by atoms with Crippen LogP contribution in [0.5, 0.6) is 0 Å². The maximum absolute atomic E-state index is 4.53. The van der Waals surface area contributed by atoms with Crippen molar-refractivity contribution in [2.75, 3.05) is 0 Å². The molecule has 2 aromatic rings. The van der Waals surface area contributed by atoms with Gasteiger partial charge >= 0.3 is 0 Å². The molecule has 0 spiro atoms. The highest BCUT2D eigenvalue weighted by Crippen LogP contribution is 2.13. The van der Waals surface area contributed by atoms with Crippen molar-refractivity contribution in [2.24, 2.45) is 0 Å². The predicted octanol–water partition coefficient (Wildman–Crippen LogP) is 3.44. The van der Waals surface area contributed by atoms with E-state index in [4.69, 9.17) is 0 Å². The molecule has 0 fully saturated rings. The Kier molecular flexibility index (Phi) is 4.29. The maximum Gasteiger partial charge on any atom is 0.0665 e. The summed E-state index contributed by atoms with van der Waals surface area (Å²) in [5.41, 5.74) is 5.29. The highest BCUT2D eigenvalue weighted by atomic mass is 15.3. The van der Waals surface area contributed by atoms with Crippen LogP contribution in [0.1, 0.15) is 43.2 Å². The number of aryl methyl sites for hydroxylation is 1. The summed E-state index contributed by atoms with van der Waals surface area (Å²) in [6.07, 6.45) is 1.98. The van der Waals surface area contributed by atoms with Crippen molar-refractivity contribution in [1.29, 1.82) is 0 Å². The van der Waals surface area contributed by atoms with Gasteiger partial charge in [-0.15, -0.1) is 0 Å². The quantitative estimate of drug-likeness (QED) is 0.923. The summed E-state index contributed by atoms with van der Waals surface area (Å²) >= 11 is 0. The van der Waals surface area contributed by atoms with E-state index < -0.39 is 0 Å². The number of aromatic nitrogens is 2. The third-order valence-electron chi connectivity index (χ3n) is 3.60. The summed E-state index contributed by atoms with van der Waals surface area (Å²) in [6.45, 7) is 12.5. The van der Waals surface area contributed by atoms with E-state index in [0.717, 1.165) is 13.1 Å². The van der Waals surface area contributed by atoms with Crippen molar-refractivity contribution in [1.82, 2.24) is 15.1 Å². The first kappa shape index (κ1) is 14.8. The largest absolute Gasteiger partial charge is 0.308 e. The fraction of sp³-hybridized carbons (Fsp3) is 0.471. The Labute approximate surface area is 122 Å². The Morgan fingerprint density at radius 1 is 1.10 bits per heavy atom. The normalized spacial score (nSPS) is 11.8. The number of nitrogens with one attached hydrogen (secondary N) is 1. The SMILES string of the molecule is Cc1ccccc1Cn1ncc(CNC(C)(C)C)c1C. The third kappa shape index (κ3) is 3.70. The van der Waals surface area contributed by atoms with Crippen molar-refractivity contribution >= 4 is 0 Å². The second-order valence-electron chi connectivity index (χ2n) is 6.44. The molecule has 0 aliphatic carbocycles. The molecule has 0 amide bonds. The van der Waals surface area contributed by atoms with E-state index >= 15 is 0 Å². The van der Waals surface area contributed by atoms with Crippen molar-refractivity contribution in [2.45, 2.75) is 53.2 Å². The zero-order valence-electron chi connectivity index (χ0n) is 13.2. The van der Waals surface area contributed by atoms with Gasteiger partial charge in [0.25, 0.3) is 0 Å². The van der Waals surface area contributed by atoms with Crippen molar-refractivity contribution < 1.29 is 0 Å². The van der Waals surface area contributed by atoms with E-state index in [1.54, 1.807) is 0 Å². The van der Waals surface area contributed by atoms with Gasteiger partial charge in [0.05, 0.1) is 12.7 Å². The number of benzene rings is 1. The van der Waals surface area contributed by atoms with Gasteiger partial charge < -0.3 is 5.32 Å². The first-order valence-electron chi connectivity index (χ1n) is 7.17. The Balaban J connectivity index is 2.11. The van der Waals surface area contributed by atoms with E-state index in [-0.39, 0.29) is 5.54 Å². The molecule has 108 valence electrons. The van der Waals surface area contributed by atoms with Crippen LogP contribution >= 0.6 is 0 Å². The van der Waals surface area contributed by atoms with E-state index in [1.807, 2.05) is 6.20 Å². The van der Waals surface area contributed by atoms with Crippen LogP contribution in [0.25, 0.3) is 0 Å². The van der Waals surface area contributed by atoms with Gasteiger partial charge in [-0.1, -0.05) is 24.3 Å². The molecule has 0 unspecified atom stereocenters. The molecule has 3 heteroatoms. The number of nitrogens with zero attached hydrogens (tertiary/aromatic N) is 2. The van der Waals surface area contributed by atoms with Gasteiger partial charge in [-0.25, -0.2) is 0 Å². The average molecular weight is 271 g/mol. The summed E-state index contributed by atoms with van der Waals surface area (Å²) in [5, 5.41) is 8.04. The molecule has 1 heterocycles. The lowest BCUT2D eigenvalue weighted by Crippen LogP contribution is -2.35. The zero-order chi connectivity index (χ0) is 14.8. The second-order valence-corrected chi connectivity index (χ2v) is 6.44. The van der Waals surface area contributed by atoms with Gasteiger partial charge in [-0.3, -0.25) is 4.68 Å². The predicted molar refractivity (Wildman–Crippen MR) is 83.8 cm³/mol. The molecule has 3 nitrogen and oxygen atoms in total. The fourth-order valence-electron chi connectivity index (χ4n) is 2.13. The standard InChI is InChI=1S/C17H25N3/c1-13-8-6-7-9-15(13)12-20-14(2)16(11-19-20)10-18-17(3,4)5/h6-9,11,18H,10,12H2,1-5H3. The summed E-state index contributed by atoms with van der Waals surface area (Å²) in [5.74, 6) is 0. The van der Waals surface area contributed by atoms with E-state index in [9.17, 15) is 0 Å². The van der Waals surface area contributed by atoms with Crippen LogP contribution in [0, 0.1) is 13.8 Å². The molecular formula is C17H25N3. The Hall–Kier alpha value is -1.61. The molecule has 0 atom stereocenters. The minimum Gasteiger partial charge on any atom is -0.308 e. The Bertz CT molecular complexity index is 576. The van der Waals surface area contributed by atoms with Crippen LogP contribution in [0.4, 0.5) is 0 Å². The first-order chi connectivity index (χ1) is 9.37. The van der Waals surface area contributed by atoms with E-state index in [0.29, 0.717) is 0 Å². The summed E-state index contributed by atoms with van der Waals surface area (Å²) < 4.78 is 2.09. The lowest BCUT2D eigenvalue weighted by atomic mass is 10.1. The summed E-state index contributed by atoms with van der Waals surface area (Å²) in [6, 6.07) is 8.48. The molecular weight excluding hydrogens is 246 g/mol. The molecule has 2 rings (SSSR count). The van der Waals surface area contributed by atoms with Gasteiger partial charge in [-0.2, -0.15) is 5.10 Å². The molecule has 0 aliphatic heterocycles. The topological polar surface area (TPSA) is 29.9 Å². The lowest BCUT2D eigenvalue weighted by molar-refractivity contribution is 0.423. The highest BCUT2D eigenvalue weighted by Gasteiger charge is 2.12. The van der Waals surface area contributed by atoms with Crippen molar-refractivity contribution in [3.05, 3.63) is 52.8 Å². The molecule has 0 saturated carbocycles. The molecule has 1 aromatic heterocycles. The Morgan fingerprint density at radius 3 is 2.45 bits per heavy atom. The van der Waals surface area contributed by atoms with Gasteiger partial charge in [0.2, 0.25) is 0 Å². The summed E-state index contributed by atoms with van der Waals surface area (Å²) in [4.78, 5) is 0. The average Bonchev–Trinajstić information content (AvgIpc) is 2.70. The van der Waals surface area contributed by atoms with Crippen LogP contribution in [-0.2, 0) is 13.1 Å². The molecule has 0 radical (unpaired) electrons. The van der Waals surface area contributed by atoms with Crippen LogP contribution in [0.15, 0.2) is 30.5 Å². The van der Waals surface area contributed by atoms with Crippen molar-refractivity contribution in [3.8, 4) is 0 Å². The van der Waals surface area contributed by atoms with Gasteiger partial charge in [0.15, 0.2) is 0 Å². The van der Waals surface area contributed by atoms with Crippen LogP contribution in [0.3, 0.4) is 0 Å². The van der Waals surface area contributed by atoms with Crippen LogP contribution < -0.4 is 5.32 Å². The van der Waals surface area contributed by atoms with Gasteiger partial charge in [0, 0.05) is 23.3 Å². The van der Waals surface area contributed by atoms with E-state index in [1.165, 1.54) is 22.4 Å². The third-order valence-corrected chi connectivity index (χ3v) is 3.60. The van der Waals surface area contributed by atoms with Crippen molar-refractivity contribution in [3.63, 3.8) is 0 Å². The summed E-state index contributed by atoms with van der Waals surface area (Å²) in [7, 11) is 0. The molecule has 20 heavy (non-hydrogen) atoms. The lowest BCUT2D eigenvalue weighted by Gasteiger charge is -2.20. The minimum atomic E-state index is 0.130. The smallest absolute Gasteiger partial charge is 0.0665 e. The molecule has 0 saturated heterocycles. The highest BCUT2D eigenvalue weighted by molar-refractivity contribution is 5.27. The monoisotopic (exact) mass is 271 g/mol. The van der Waals surface area contributed by atoms with Gasteiger partial charge in [0.1, 0.15) is 0 Å². The van der Waals surface area contributed by atoms with Crippen LogP contribution in [-0.4, -0.2) is 15.3 Å². The van der Waals surface area contributed by atoms with Crippen LogP contribution in [0.2, 0.25) is 0 Å². The zero-order valence-corrected chi connectivity index (χ0v) is 13.2. The minimum absolute atomic E-state index is 0.130. The van der Waals surface area contributed by atoms with Gasteiger partial charge in [-0.05, 0) is 45.7 Å².